The molecule has 1 aromatic rings. The molecule has 1 heterocycles. The fourth-order valence-corrected chi connectivity index (χ4v) is 2.73. The standard InChI is InChI=1S/C15H25N3/c1-17-10-7-15(8-11-17)18(12-9-16)13-14-5-3-2-4-6-14/h2-6,15H,7-13,16H2,1H3. The van der Waals surface area contributed by atoms with Crippen molar-refractivity contribution >= 4 is 0 Å². The maximum absolute atomic E-state index is 5.76. The Bertz CT molecular complexity index is 331. The van der Waals surface area contributed by atoms with Gasteiger partial charge in [-0.3, -0.25) is 4.90 Å². The van der Waals surface area contributed by atoms with Crippen molar-refractivity contribution in [2.45, 2.75) is 25.4 Å². The number of hydrogen-bond donors (Lipinski definition) is 1. The second kappa shape index (κ2) is 6.88. The van der Waals surface area contributed by atoms with E-state index in [0.29, 0.717) is 6.04 Å². The molecule has 1 aliphatic rings. The van der Waals surface area contributed by atoms with E-state index >= 15 is 0 Å². The second-order valence-corrected chi connectivity index (χ2v) is 5.28. The predicted octanol–water partition coefficient (Wildman–Crippen LogP) is 1.54. The molecule has 0 aliphatic carbocycles. The largest absolute Gasteiger partial charge is 0.329 e. The number of hydrogen-bond acceptors (Lipinski definition) is 3. The summed E-state index contributed by atoms with van der Waals surface area (Å²) in [4.78, 5) is 4.97. The number of likely N-dealkylation sites (tertiary alicyclic amines) is 1. The zero-order valence-corrected chi connectivity index (χ0v) is 11.4. The highest BCUT2D eigenvalue weighted by Gasteiger charge is 2.22. The van der Waals surface area contributed by atoms with Gasteiger partial charge in [-0.25, -0.2) is 0 Å². The second-order valence-electron chi connectivity index (χ2n) is 5.28. The van der Waals surface area contributed by atoms with Gasteiger partial charge in [-0.1, -0.05) is 30.3 Å². The molecule has 18 heavy (non-hydrogen) atoms. The third-order valence-corrected chi connectivity index (χ3v) is 3.85. The number of nitrogens with zero attached hydrogens (tertiary/aromatic N) is 2. The molecule has 100 valence electrons. The molecule has 0 atom stereocenters. The van der Waals surface area contributed by atoms with Crippen molar-refractivity contribution in [2.75, 3.05) is 33.2 Å². The predicted molar refractivity (Wildman–Crippen MR) is 76.4 cm³/mol. The van der Waals surface area contributed by atoms with Gasteiger partial charge in [-0.05, 0) is 38.5 Å². The van der Waals surface area contributed by atoms with Gasteiger partial charge in [0.15, 0.2) is 0 Å². The first-order valence-electron chi connectivity index (χ1n) is 6.96. The van der Waals surface area contributed by atoms with E-state index in [1.54, 1.807) is 0 Å². The molecular formula is C15H25N3. The Balaban J connectivity index is 1.95. The third-order valence-electron chi connectivity index (χ3n) is 3.85. The first-order valence-corrected chi connectivity index (χ1v) is 6.96. The molecule has 0 bridgehead atoms. The molecule has 3 heteroatoms. The van der Waals surface area contributed by atoms with Gasteiger partial charge in [-0.2, -0.15) is 0 Å². The molecule has 2 rings (SSSR count). The smallest absolute Gasteiger partial charge is 0.0237 e. The van der Waals surface area contributed by atoms with E-state index in [4.69, 9.17) is 5.73 Å². The quantitative estimate of drug-likeness (QED) is 0.856. The lowest BCUT2D eigenvalue weighted by molar-refractivity contribution is 0.117. The Morgan fingerprint density at radius 3 is 2.50 bits per heavy atom. The Morgan fingerprint density at radius 1 is 1.22 bits per heavy atom. The van der Waals surface area contributed by atoms with Crippen molar-refractivity contribution < 1.29 is 0 Å². The lowest BCUT2D eigenvalue weighted by Crippen LogP contribution is -2.45. The maximum Gasteiger partial charge on any atom is 0.0237 e. The minimum atomic E-state index is 0.699. The van der Waals surface area contributed by atoms with Crippen LogP contribution in [0.15, 0.2) is 30.3 Å². The number of nitrogens with two attached hydrogens (primary N) is 1. The van der Waals surface area contributed by atoms with E-state index in [2.05, 4.69) is 47.2 Å². The van der Waals surface area contributed by atoms with Crippen molar-refractivity contribution in [1.82, 2.24) is 9.80 Å². The van der Waals surface area contributed by atoms with E-state index in [1.165, 1.54) is 31.5 Å². The average molecular weight is 247 g/mol. The van der Waals surface area contributed by atoms with Gasteiger partial charge in [0, 0.05) is 25.7 Å². The molecule has 0 radical (unpaired) electrons. The van der Waals surface area contributed by atoms with Crippen LogP contribution in [0.25, 0.3) is 0 Å². The normalized spacial score (nSPS) is 18.4. The van der Waals surface area contributed by atoms with Crippen LogP contribution in [0, 0.1) is 0 Å². The van der Waals surface area contributed by atoms with Crippen molar-refractivity contribution in [2.24, 2.45) is 5.73 Å². The summed E-state index contributed by atoms with van der Waals surface area (Å²) in [6.45, 7) is 5.20. The van der Waals surface area contributed by atoms with Crippen molar-refractivity contribution in [3.63, 3.8) is 0 Å². The minimum absolute atomic E-state index is 0.699. The number of piperidine rings is 1. The van der Waals surface area contributed by atoms with E-state index in [-0.39, 0.29) is 0 Å². The SMILES string of the molecule is CN1CCC(N(CCN)Cc2ccccc2)CC1. The van der Waals surface area contributed by atoms with Gasteiger partial charge >= 0.3 is 0 Å². The van der Waals surface area contributed by atoms with Gasteiger partial charge in [0.1, 0.15) is 0 Å². The molecule has 1 aliphatic heterocycles. The summed E-state index contributed by atoms with van der Waals surface area (Å²) in [6, 6.07) is 11.4. The molecule has 3 nitrogen and oxygen atoms in total. The highest BCUT2D eigenvalue weighted by molar-refractivity contribution is 5.14. The lowest BCUT2D eigenvalue weighted by atomic mass is 10.0. The van der Waals surface area contributed by atoms with E-state index in [9.17, 15) is 0 Å². The van der Waals surface area contributed by atoms with Gasteiger partial charge in [0.05, 0.1) is 0 Å². The van der Waals surface area contributed by atoms with Crippen molar-refractivity contribution in [3.8, 4) is 0 Å². The number of benzene rings is 1. The summed E-state index contributed by atoms with van der Waals surface area (Å²) in [5.41, 5.74) is 7.16. The first-order chi connectivity index (χ1) is 8.79. The molecule has 1 saturated heterocycles. The number of rotatable bonds is 5. The zero-order valence-electron chi connectivity index (χ0n) is 11.4. The van der Waals surface area contributed by atoms with Gasteiger partial charge in [-0.15, -0.1) is 0 Å². The fraction of sp³-hybridized carbons (Fsp3) is 0.600. The summed E-state index contributed by atoms with van der Waals surface area (Å²) >= 11 is 0. The minimum Gasteiger partial charge on any atom is -0.329 e. The maximum atomic E-state index is 5.76. The van der Waals surface area contributed by atoms with E-state index in [0.717, 1.165) is 19.6 Å². The molecule has 0 amide bonds. The molecule has 1 fully saturated rings. The lowest BCUT2D eigenvalue weighted by Gasteiger charge is -2.37. The highest BCUT2D eigenvalue weighted by atomic mass is 15.2. The third kappa shape index (κ3) is 3.80. The summed E-state index contributed by atoms with van der Waals surface area (Å²) in [5, 5.41) is 0. The molecule has 2 N–H and O–H groups in total. The topological polar surface area (TPSA) is 32.5 Å². The molecule has 0 saturated carbocycles. The van der Waals surface area contributed by atoms with E-state index < -0.39 is 0 Å². The van der Waals surface area contributed by atoms with Crippen molar-refractivity contribution in [1.29, 1.82) is 0 Å². The first kappa shape index (κ1) is 13.5. The fourth-order valence-electron chi connectivity index (χ4n) is 2.73. The van der Waals surface area contributed by atoms with Crippen LogP contribution >= 0.6 is 0 Å². The molecule has 0 unspecified atom stereocenters. The van der Waals surface area contributed by atoms with Crippen LogP contribution in [-0.2, 0) is 6.54 Å². The van der Waals surface area contributed by atoms with Crippen molar-refractivity contribution in [3.05, 3.63) is 35.9 Å². The van der Waals surface area contributed by atoms with Crippen LogP contribution in [0.3, 0.4) is 0 Å². The van der Waals surface area contributed by atoms with E-state index in [1.807, 2.05) is 0 Å². The van der Waals surface area contributed by atoms with Crippen LogP contribution in [-0.4, -0.2) is 49.1 Å². The van der Waals surface area contributed by atoms with Crippen LogP contribution in [0.5, 0.6) is 0 Å². The molecule has 1 aromatic carbocycles. The van der Waals surface area contributed by atoms with Crippen LogP contribution in [0.4, 0.5) is 0 Å². The highest BCUT2D eigenvalue weighted by Crippen LogP contribution is 2.17. The summed E-state index contributed by atoms with van der Waals surface area (Å²) in [7, 11) is 2.21. The van der Waals surface area contributed by atoms with Gasteiger partial charge < -0.3 is 10.6 Å². The van der Waals surface area contributed by atoms with Gasteiger partial charge in [0.2, 0.25) is 0 Å². The Labute approximate surface area is 111 Å². The molecular weight excluding hydrogens is 222 g/mol. The summed E-state index contributed by atoms with van der Waals surface area (Å²) < 4.78 is 0. The van der Waals surface area contributed by atoms with Crippen LogP contribution in [0.1, 0.15) is 18.4 Å². The summed E-state index contributed by atoms with van der Waals surface area (Å²) in [5.74, 6) is 0. The summed E-state index contributed by atoms with van der Waals surface area (Å²) in [6.07, 6.45) is 2.53. The van der Waals surface area contributed by atoms with Crippen LogP contribution < -0.4 is 5.73 Å². The molecule has 0 spiro atoms. The Morgan fingerprint density at radius 2 is 1.89 bits per heavy atom. The Hall–Kier alpha value is -0.900. The molecule has 0 aromatic heterocycles. The zero-order chi connectivity index (χ0) is 12.8. The van der Waals surface area contributed by atoms with Gasteiger partial charge in [0.25, 0.3) is 0 Å². The van der Waals surface area contributed by atoms with Crippen LogP contribution in [0.2, 0.25) is 0 Å². The monoisotopic (exact) mass is 247 g/mol. The Kier molecular flexibility index (Phi) is 5.17. The average Bonchev–Trinajstić information content (AvgIpc) is 2.40.